The number of alkyl halides is 3. The van der Waals surface area contributed by atoms with Crippen molar-refractivity contribution in [2.24, 2.45) is 0 Å². The number of nitriles is 1. The van der Waals surface area contributed by atoms with E-state index in [4.69, 9.17) is 21.5 Å². The van der Waals surface area contributed by atoms with Crippen LogP contribution in [0.2, 0.25) is 5.02 Å². The van der Waals surface area contributed by atoms with Crippen molar-refractivity contribution in [3.63, 3.8) is 0 Å². The largest absolute Gasteiger partial charge is 0.490 e. The summed E-state index contributed by atoms with van der Waals surface area (Å²) in [5.74, 6) is -2.76. The zero-order chi connectivity index (χ0) is 26.3. The van der Waals surface area contributed by atoms with E-state index >= 15 is 0 Å². The number of hydrogen-bond acceptors (Lipinski definition) is 6. The Bertz CT molecular complexity index is 1170. The second-order valence-electron chi connectivity index (χ2n) is 6.88. The van der Waals surface area contributed by atoms with Crippen LogP contribution in [0.1, 0.15) is 25.0 Å². The number of carboxylic acids is 1. The van der Waals surface area contributed by atoms with Crippen LogP contribution in [0, 0.1) is 11.3 Å². The Morgan fingerprint density at radius 2 is 1.85 bits per heavy atom. The predicted molar refractivity (Wildman–Crippen MR) is 123 cm³/mol. The van der Waals surface area contributed by atoms with E-state index < -0.39 is 34.3 Å². The van der Waals surface area contributed by atoms with Gasteiger partial charge in [-0.1, -0.05) is 23.7 Å². The van der Waals surface area contributed by atoms with Gasteiger partial charge in [-0.15, -0.1) is 0 Å². The zero-order valence-corrected chi connectivity index (χ0v) is 20.8. The second-order valence-corrected chi connectivity index (χ2v) is 9.85. The Hall–Kier alpha value is -2.37. The van der Waals surface area contributed by atoms with E-state index in [2.05, 4.69) is 26.0 Å². The fraction of sp³-hybridized carbons (Fsp3) is 0.300. The van der Waals surface area contributed by atoms with Crippen LogP contribution in [0.15, 0.2) is 45.8 Å². The van der Waals surface area contributed by atoms with Crippen molar-refractivity contribution < 1.29 is 36.6 Å². The van der Waals surface area contributed by atoms with Crippen LogP contribution >= 0.6 is 27.5 Å². The normalized spacial score (nSPS) is 13.1. The Labute approximate surface area is 207 Å². The molecule has 0 aromatic heterocycles. The molecule has 0 fully saturated rings. The van der Waals surface area contributed by atoms with Crippen molar-refractivity contribution in [3.8, 4) is 6.07 Å². The molecule has 0 radical (unpaired) electrons. The van der Waals surface area contributed by atoms with E-state index in [1.807, 2.05) is 12.1 Å². The van der Waals surface area contributed by atoms with Crippen LogP contribution in [0.5, 0.6) is 0 Å². The molecule has 8 nitrogen and oxygen atoms in total. The standard InChI is InChI=1S/C18H19BrClN3O3S.C2HF3O2/c1-11(12(2)24)23-27(25,26)18-8-16(19)14(9-21)7-17(18)22-10-13-4-3-5-15(20)6-13;3-2(4,5)1(6)7/h3-8,11-12,22-24H,10H2,1-2H3;(H,6,7). The van der Waals surface area contributed by atoms with Gasteiger partial charge in [-0.05, 0) is 59.6 Å². The van der Waals surface area contributed by atoms with Gasteiger partial charge in [0.2, 0.25) is 10.0 Å². The number of carbonyl (C=O) groups is 1. The molecule has 2 unspecified atom stereocenters. The van der Waals surface area contributed by atoms with Gasteiger partial charge >= 0.3 is 12.1 Å². The first-order valence-corrected chi connectivity index (χ1v) is 12.0. The van der Waals surface area contributed by atoms with Crippen LogP contribution in [0.4, 0.5) is 18.9 Å². The number of hydrogen-bond donors (Lipinski definition) is 4. The van der Waals surface area contributed by atoms with Crippen molar-refractivity contribution in [2.75, 3.05) is 5.32 Å². The summed E-state index contributed by atoms with van der Waals surface area (Å²) in [7, 11) is -3.93. The minimum Gasteiger partial charge on any atom is -0.475 e. The van der Waals surface area contributed by atoms with Crippen molar-refractivity contribution in [3.05, 3.63) is 57.0 Å². The maximum atomic E-state index is 12.8. The lowest BCUT2D eigenvalue weighted by atomic mass is 10.2. The fourth-order valence-corrected chi connectivity index (χ4v) is 4.56. The Morgan fingerprint density at radius 1 is 1.26 bits per heavy atom. The van der Waals surface area contributed by atoms with Gasteiger partial charge in [0.05, 0.1) is 17.4 Å². The highest BCUT2D eigenvalue weighted by atomic mass is 79.9. The lowest BCUT2D eigenvalue weighted by molar-refractivity contribution is -0.192. The topological polar surface area (TPSA) is 140 Å². The summed E-state index contributed by atoms with van der Waals surface area (Å²) in [6.45, 7) is 3.39. The number of nitrogens with one attached hydrogen (secondary N) is 2. The molecular weight excluding hydrogens is 567 g/mol. The molecule has 2 aromatic rings. The molecule has 0 aliphatic carbocycles. The van der Waals surface area contributed by atoms with E-state index in [-0.39, 0.29) is 10.6 Å². The van der Waals surface area contributed by atoms with E-state index in [0.29, 0.717) is 21.6 Å². The van der Waals surface area contributed by atoms with Crippen LogP contribution in [-0.2, 0) is 21.4 Å². The van der Waals surface area contributed by atoms with E-state index in [1.54, 1.807) is 25.1 Å². The van der Waals surface area contributed by atoms with Crippen LogP contribution in [0.25, 0.3) is 0 Å². The van der Waals surface area contributed by atoms with Gasteiger partial charge in [0.1, 0.15) is 11.0 Å². The summed E-state index contributed by atoms with van der Waals surface area (Å²) in [5, 5.41) is 29.6. The van der Waals surface area contributed by atoms with Crippen molar-refractivity contribution >= 4 is 49.2 Å². The molecule has 2 atom stereocenters. The third kappa shape index (κ3) is 9.11. The van der Waals surface area contributed by atoms with Crippen molar-refractivity contribution in [1.29, 1.82) is 5.26 Å². The molecular formula is C20H20BrClF3N3O5S. The summed E-state index contributed by atoms with van der Waals surface area (Å²) in [4.78, 5) is 8.87. The predicted octanol–water partition coefficient (Wildman–Crippen LogP) is 4.27. The first-order valence-electron chi connectivity index (χ1n) is 9.31. The van der Waals surface area contributed by atoms with Crippen LogP contribution in [0.3, 0.4) is 0 Å². The van der Waals surface area contributed by atoms with Gasteiger partial charge in [-0.3, -0.25) is 0 Å². The zero-order valence-electron chi connectivity index (χ0n) is 17.7. The highest BCUT2D eigenvalue weighted by molar-refractivity contribution is 9.10. The maximum Gasteiger partial charge on any atom is 0.490 e. The monoisotopic (exact) mass is 585 g/mol. The van der Waals surface area contributed by atoms with Gasteiger partial charge in [-0.2, -0.15) is 18.4 Å². The second kappa shape index (κ2) is 12.4. The maximum absolute atomic E-state index is 12.8. The number of rotatable bonds is 7. The molecule has 0 bridgehead atoms. The number of aliphatic carboxylic acids is 1. The molecule has 0 spiro atoms. The third-order valence-electron chi connectivity index (χ3n) is 4.16. The minimum absolute atomic E-state index is 0.0251. The molecule has 0 heterocycles. The van der Waals surface area contributed by atoms with Gasteiger partial charge in [-0.25, -0.2) is 17.9 Å². The summed E-state index contributed by atoms with van der Waals surface area (Å²) >= 11 is 9.20. The summed E-state index contributed by atoms with van der Waals surface area (Å²) in [6, 6.07) is 11.3. The molecule has 0 aliphatic heterocycles. The molecule has 2 rings (SSSR count). The molecule has 0 amide bonds. The molecule has 34 heavy (non-hydrogen) atoms. The van der Waals surface area contributed by atoms with Gasteiger partial charge < -0.3 is 15.5 Å². The average Bonchev–Trinajstić information content (AvgIpc) is 2.72. The first kappa shape index (κ1) is 29.7. The minimum atomic E-state index is -5.08. The van der Waals surface area contributed by atoms with Crippen LogP contribution in [-0.4, -0.2) is 42.9 Å². The molecule has 0 saturated heterocycles. The van der Waals surface area contributed by atoms with E-state index in [1.165, 1.54) is 19.1 Å². The summed E-state index contributed by atoms with van der Waals surface area (Å²) < 4.78 is 60.1. The Morgan fingerprint density at radius 3 is 2.32 bits per heavy atom. The Kier molecular flexibility index (Phi) is 10.8. The summed E-state index contributed by atoms with van der Waals surface area (Å²) in [6.07, 6.45) is -5.94. The average molecular weight is 587 g/mol. The molecule has 4 N–H and O–H groups in total. The van der Waals surface area contributed by atoms with Gasteiger partial charge in [0.15, 0.2) is 0 Å². The molecule has 14 heteroatoms. The SMILES string of the molecule is CC(O)C(C)NS(=O)(=O)c1cc(Br)c(C#N)cc1NCc1cccc(Cl)c1.O=C(O)C(F)(F)F. The molecule has 0 aliphatic rings. The first-order chi connectivity index (χ1) is 15.6. The number of carboxylic acid groups (broad SMARTS) is 1. The number of benzene rings is 2. The highest BCUT2D eigenvalue weighted by Crippen LogP contribution is 2.30. The number of anilines is 1. The van der Waals surface area contributed by atoms with Crippen molar-refractivity contribution in [1.82, 2.24) is 4.72 Å². The molecule has 0 saturated carbocycles. The van der Waals surface area contributed by atoms with Crippen LogP contribution < -0.4 is 10.0 Å². The molecule has 186 valence electrons. The lowest BCUT2D eigenvalue weighted by Crippen LogP contribution is -2.39. The Balaban J connectivity index is 0.000000718. The third-order valence-corrected chi connectivity index (χ3v) is 6.65. The van der Waals surface area contributed by atoms with E-state index in [0.717, 1.165) is 5.56 Å². The van der Waals surface area contributed by atoms with Gasteiger partial charge in [0, 0.05) is 22.1 Å². The lowest BCUT2D eigenvalue weighted by Gasteiger charge is -2.19. The number of aliphatic hydroxyl groups is 1. The highest BCUT2D eigenvalue weighted by Gasteiger charge is 2.38. The summed E-state index contributed by atoms with van der Waals surface area (Å²) in [5.41, 5.74) is 1.43. The van der Waals surface area contributed by atoms with Crippen molar-refractivity contribution in [2.45, 2.75) is 43.6 Å². The number of nitrogens with zero attached hydrogens (tertiary/aromatic N) is 1. The quantitative estimate of drug-likeness (QED) is 0.380. The van der Waals surface area contributed by atoms with Gasteiger partial charge in [0.25, 0.3) is 0 Å². The number of halogens is 5. The fourth-order valence-electron chi connectivity index (χ4n) is 2.25. The van der Waals surface area contributed by atoms with E-state index in [9.17, 15) is 32.0 Å². The smallest absolute Gasteiger partial charge is 0.475 e. The molecule has 2 aromatic carbocycles. The number of sulfonamides is 1. The number of aliphatic hydroxyl groups excluding tert-OH is 1.